The molecule has 0 saturated carbocycles. The van der Waals surface area contributed by atoms with Crippen LogP contribution in [0.1, 0.15) is 13.8 Å². The van der Waals surface area contributed by atoms with Gasteiger partial charge in [0, 0.05) is 18.8 Å². The zero-order chi connectivity index (χ0) is 11.1. The first-order valence-electron chi connectivity index (χ1n) is 5.22. The quantitative estimate of drug-likeness (QED) is 0.739. The van der Waals surface area contributed by atoms with E-state index in [4.69, 9.17) is 4.74 Å². The fourth-order valence-corrected chi connectivity index (χ4v) is 1.38. The minimum absolute atomic E-state index is 0.00514. The van der Waals surface area contributed by atoms with Crippen LogP contribution in [0.5, 0.6) is 0 Å². The molecular formula is C12H17NO2. The number of carbonyl (C=O) groups excluding carboxylic acids is 1. The molecule has 0 atom stereocenters. The number of hydrogen-bond donors (Lipinski definition) is 0. The summed E-state index contributed by atoms with van der Waals surface area (Å²) in [6.45, 7) is 5.22. The number of amides is 1. The molecule has 0 unspecified atom stereocenters. The van der Waals surface area contributed by atoms with Crippen molar-refractivity contribution in [3.63, 3.8) is 0 Å². The second-order valence-electron chi connectivity index (χ2n) is 3.11. The van der Waals surface area contributed by atoms with Gasteiger partial charge in [0.25, 0.3) is 5.91 Å². The van der Waals surface area contributed by atoms with Crippen molar-refractivity contribution in [1.82, 2.24) is 0 Å². The summed E-state index contributed by atoms with van der Waals surface area (Å²) >= 11 is 0. The van der Waals surface area contributed by atoms with Gasteiger partial charge in [-0.25, -0.2) is 0 Å². The van der Waals surface area contributed by atoms with E-state index in [0.717, 1.165) is 5.69 Å². The number of likely N-dealkylation sites (N-methyl/N-ethyl adjacent to an activating group) is 1. The zero-order valence-corrected chi connectivity index (χ0v) is 9.27. The lowest BCUT2D eigenvalue weighted by Gasteiger charge is -2.20. The van der Waals surface area contributed by atoms with E-state index in [0.29, 0.717) is 13.2 Å². The number of benzene rings is 1. The number of para-hydroxylation sites is 1. The van der Waals surface area contributed by atoms with E-state index in [1.807, 2.05) is 44.2 Å². The summed E-state index contributed by atoms with van der Waals surface area (Å²) in [7, 11) is 0. The molecule has 0 aliphatic heterocycles. The van der Waals surface area contributed by atoms with Crippen LogP contribution in [0.15, 0.2) is 30.3 Å². The van der Waals surface area contributed by atoms with Gasteiger partial charge in [0.05, 0.1) is 0 Å². The van der Waals surface area contributed by atoms with E-state index < -0.39 is 0 Å². The van der Waals surface area contributed by atoms with Gasteiger partial charge in [-0.15, -0.1) is 0 Å². The highest BCUT2D eigenvalue weighted by molar-refractivity contribution is 5.94. The van der Waals surface area contributed by atoms with Crippen LogP contribution in [0.25, 0.3) is 0 Å². The number of rotatable bonds is 5. The van der Waals surface area contributed by atoms with Gasteiger partial charge in [0.2, 0.25) is 0 Å². The third-order valence-corrected chi connectivity index (χ3v) is 2.11. The van der Waals surface area contributed by atoms with Crippen molar-refractivity contribution >= 4 is 11.6 Å². The molecule has 3 heteroatoms. The molecule has 0 aromatic heterocycles. The first-order chi connectivity index (χ1) is 7.29. The first kappa shape index (κ1) is 11.7. The summed E-state index contributed by atoms with van der Waals surface area (Å²) in [4.78, 5) is 13.5. The molecule has 0 saturated heterocycles. The topological polar surface area (TPSA) is 29.5 Å². The van der Waals surface area contributed by atoms with Crippen LogP contribution in [0.4, 0.5) is 5.69 Å². The monoisotopic (exact) mass is 207 g/mol. The Balaban J connectivity index is 2.67. The largest absolute Gasteiger partial charge is 0.372 e. The van der Waals surface area contributed by atoms with Crippen LogP contribution in [-0.4, -0.2) is 25.7 Å². The molecule has 0 spiro atoms. The Kier molecular flexibility index (Phi) is 4.84. The molecular weight excluding hydrogens is 190 g/mol. The van der Waals surface area contributed by atoms with Crippen LogP contribution in [0.3, 0.4) is 0 Å². The SMILES string of the molecule is CCOCC(=O)N(CC)c1ccccc1. The van der Waals surface area contributed by atoms with E-state index in [9.17, 15) is 4.79 Å². The van der Waals surface area contributed by atoms with Crippen molar-refractivity contribution in [2.45, 2.75) is 13.8 Å². The van der Waals surface area contributed by atoms with Crippen molar-refractivity contribution in [2.75, 3.05) is 24.7 Å². The van der Waals surface area contributed by atoms with Crippen molar-refractivity contribution < 1.29 is 9.53 Å². The van der Waals surface area contributed by atoms with Gasteiger partial charge in [0.1, 0.15) is 6.61 Å². The third-order valence-electron chi connectivity index (χ3n) is 2.11. The number of ether oxygens (including phenoxy) is 1. The van der Waals surface area contributed by atoms with E-state index in [-0.39, 0.29) is 12.5 Å². The molecule has 0 N–H and O–H groups in total. The van der Waals surface area contributed by atoms with Gasteiger partial charge in [-0.2, -0.15) is 0 Å². The third kappa shape index (κ3) is 3.36. The molecule has 1 rings (SSSR count). The van der Waals surface area contributed by atoms with Crippen LogP contribution >= 0.6 is 0 Å². The Morgan fingerprint density at radius 2 is 1.93 bits per heavy atom. The van der Waals surface area contributed by atoms with Gasteiger partial charge in [-0.05, 0) is 26.0 Å². The molecule has 15 heavy (non-hydrogen) atoms. The maximum atomic E-state index is 11.7. The van der Waals surface area contributed by atoms with E-state index in [1.165, 1.54) is 0 Å². The fraction of sp³-hybridized carbons (Fsp3) is 0.417. The maximum absolute atomic E-state index is 11.7. The first-order valence-corrected chi connectivity index (χ1v) is 5.22. The highest BCUT2D eigenvalue weighted by Crippen LogP contribution is 2.12. The number of hydrogen-bond acceptors (Lipinski definition) is 2. The Hall–Kier alpha value is -1.35. The standard InChI is InChI=1S/C12H17NO2/c1-3-13(12(14)10-15-4-2)11-8-6-5-7-9-11/h5-9H,3-4,10H2,1-2H3. The second-order valence-corrected chi connectivity index (χ2v) is 3.11. The minimum Gasteiger partial charge on any atom is -0.372 e. The minimum atomic E-state index is 0.00514. The molecule has 0 radical (unpaired) electrons. The summed E-state index contributed by atoms with van der Waals surface area (Å²) in [6.07, 6.45) is 0. The molecule has 3 nitrogen and oxygen atoms in total. The number of anilines is 1. The zero-order valence-electron chi connectivity index (χ0n) is 9.27. The Labute approximate surface area is 90.7 Å². The normalized spacial score (nSPS) is 10.0. The average Bonchev–Trinajstić information content (AvgIpc) is 2.29. The maximum Gasteiger partial charge on any atom is 0.252 e. The van der Waals surface area contributed by atoms with Crippen molar-refractivity contribution in [3.05, 3.63) is 30.3 Å². The molecule has 1 aromatic rings. The summed E-state index contributed by atoms with van der Waals surface area (Å²) in [5.41, 5.74) is 0.921. The predicted octanol–water partition coefficient (Wildman–Crippen LogP) is 2.08. The molecule has 0 heterocycles. The predicted molar refractivity (Wildman–Crippen MR) is 61.0 cm³/mol. The Bertz CT molecular complexity index is 298. The lowest BCUT2D eigenvalue weighted by Crippen LogP contribution is -2.33. The van der Waals surface area contributed by atoms with Crippen molar-refractivity contribution in [3.8, 4) is 0 Å². The summed E-state index contributed by atoms with van der Waals surface area (Å²) in [5.74, 6) is 0.00514. The van der Waals surface area contributed by atoms with Gasteiger partial charge < -0.3 is 9.64 Å². The summed E-state index contributed by atoms with van der Waals surface area (Å²) < 4.78 is 5.11. The lowest BCUT2D eigenvalue weighted by atomic mass is 10.3. The smallest absolute Gasteiger partial charge is 0.252 e. The van der Waals surface area contributed by atoms with Crippen LogP contribution in [0, 0.1) is 0 Å². The van der Waals surface area contributed by atoms with Crippen LogP contribution < -0.4 is 4.90 Å². The molecule has 0 aliphatic rings. The van der Waals surface area contributed by atoms with Crippen LogP contribution in [0.2, 0.25) is 0 Å². The van der Waals surface area contributed by atoms with Gasteiger partial charge in [-0.3, -0.25) is 4.79 Å². The summed E-state index contributed by atoms with van der Waals surface area (Å²) in [5, 5.41) is 0. The molecule has 0 bridgehead atoms. The van der Waals surface area contributed by atoms with Gasteiger partial charge >= 0.3 is 0 Å². The lowest BCUT2D eigenvalue weighted by molar-refractivity contribution is -0.122. The second kappa shape index (κ2) is 6.19. The van der Waals surface area contributed by atoms with Crippen molar-refractivity contribution in [1.29, 1.82) is 0 Å². The average molecular weight is 207 g/mol. The molecule has 1 amide bonds. The number of nitrogens with zero attached hydrogens (tertiary/aromatic N) is 1. The fourth-order valence-electron chi connectivity index (χ4n) is 1.38. The highest BCUT2D eigenvalue weighted by atomic mass is 16.5. The highest BCUT2D eigenvalue weighted by Gasteiger charge is 2.12. The van der Waals surface area contributed by atoms with E-state index >= 15 is 0 Å². The summed E-state index contributed by atoms with van der Waals surface area (Å²) in [6, 6.07) is 9.63. The molecule has 0 fully saturated rings. The molecule has 0 aliphatic carbocycles. The Morgan fingerprint density at radius 1 is 1.27 bits per heavy atom. The van der Waals surface area contributed by atoms with Gasteiger partial charge in [-0.1, -0.05) is 18.2 Å². The van der Waals surface area contributed by atoms with Crippen LogP contribution in [-0.2, 0) is 9.53 Å². The van der Waals surface area contributed by atoms with E-state index in [2.05, 4.69) is 0 Å². The van der Waals surface area contributed by atoms with Crippen molar-refractivity contribution in [2.24, 2.45) is 0 Å². The van der Waals surface area contributed by atoms with Gasteiger partial charge in [0.15, 0.2) is 0 Å². The Morgan fingerprint density at radius 3 is 2.47 bits per heavy atom. The number of carbonyl (C=O) groups is 1. The van der Waals surface area contributed by atoms with E-state index in [1.54, 1.807) is 4.90 Å². The molecule has 82 valence electrons. The molecule has 1 aromatic carbocycles.